The Balaban J connectivity index is 1.82. The molecule has 1 aliphatic rings. The van der Waals surface area contributed by atoms with Crippen molar-refractivity contribution in [2.45, 2.75) is 45.4 Å². The first-order chi connectivity index (χ1) is 10.6. The van der Waals surface area contributed by atoms with Crippen LogP contribution in [0.3, 0.4) is 0 Å². The summed E-state index contributed by atoms with van der Waals surface area (Å²) in [7, 11) is 0. The van der Waals surface area contributed by atoms with Crippen LogP contribution in [0, 0.1) is 12.8 Å². The number of carbonyl (C=O) groups excluding carboxylic acids is 2. The van der Waals surface area contributed by atoms with E-state index in [-0.39, 0.29) is 5.91 Å². The van der Waals surface area contributed by atoms with Crippen molar-refractivity contribution < 1.29 is 14.7 Å². The highest BCUT2D eigenvalue weighted by Crippen LogP contribution is 2.32. The molecule has 0 aromatic heterocycles. The van der Waals surface area contributed by atoms with E-state index in [0.29, 0.717) is 37.6 Å². The minimum atomic E-state index is 0.177. The number of hydrogen-bond acceptors (Lipinski definition) is 3. The molecular weight excluding hydrogens is 278 g/mol. The van der Waals surface area contributed by atoms with Gasteiger partial charge in [-0.25, -0.2) is 0 Å². The van der Waals surface area contributed by atoms with Crippen LogP contribution < -0.4 is 0 Å². The first kappa shape index (κ1) is 16.5. The van der Waals surface area contributed by atoms with Crippen LogP contribution in [-0.4, -0.2) is 35.3 Å². The molecule has 0 saturated heterocycles. The lowest BCUT2D eigenvalue weighted by molar-refractivity contribution is -0.131. The lowest BCUT2D eigenvalue weighted by atomic mass is 10.1. The summed E-state index contributed by atoms with van der Waals surface area (Å²) in [5, 5.41) is 9.72. The number of nitrogens with zero attached hydrogens (tertiary/aromatic N) is 1. The Labute approximate surface area is 132 Å². The van der Waals surface area contributed by atoms with E-state index in [1.54, 1.807) is 6.07 Å². The van der Waals surface area contributed by atoms with Gasteiger partial charge in [-0.05, 0) is 55.7 Å². The molecule has 0 spiro atoms. The molecule has 1 aromatic rings. The third-order valence-corrected chi connectivity index (χ3v) is 4.20. The normalized spacial score (nSPS) is 13.9. The maximum atomic E-state index is 12.2. The zero-order chi connectivity index (χ0) is 15.9. The third kappa shape index (κ3) is 5.17. The third-order valence-electron chi connectivity index (χ3n) is 4.20. The minimum absolute atomic E-state index is 0.177. The summed E-state index contributed by atoms with van der Waals surface area (Å²) < 4.78 is 0. The molecule has 1 saturated carbocycles. The summed E-state index contributed by atoms with van der Waals surface area (Å²) in [5.41, 5.74) is 1.95. The molecule has 4 heteroatoms. The number of carbonyl (C=O) groups is 2. The van der Waals surface area contributed by atoms with E-state index in [4.69, 9.17) is 0 Å². The van der Waals surface area contributed by atoms with Gasteiger partial charge < -0.3 is 14.8 Å². The number of aldehydes is 1. The van der Waals surface area contributed by atoms with Crippen LogP contribution in [0.2, 0.25) is 0 Å². The Bertz CT molecular complexity index is 523. The van der Waals surface area contributed by atoms with Crippen molar-refractivity contribution in [1.82, 2.24) is 4.90 Å². The molecule has 1 aromatic carbocycles. The lowest BCUT2D eigenvalue weighted by Crippen LogP contribution is -2.33. The number of hydrogen-bond donors (Lipinski definition) is 1. The molecule has 1 amide bonds. The number of phenols is 1. The quantitative estimate of drug-likeness (QED) is 0.714. The van der Waals surface area contributed by atoms with E-state index >= 15 is 0 Å². The first-order valence-electron chi connectivity index (χ1n) is 8.10. The van der Waals surface area contributed by atoms with Gasteiger partial charge in [0.25, 0.3) is 0 Å². The van der Waals surface area contributed by atoms with E-state index in [2.05, 4.69) is 0 Å². The summed E-state index contributed by atoms with van der Waals surface area (Å²) in [6, 6.07) is 5.71. The number of amides is 1. The molecule has 2 rings (SSSR count). The molecule has 120 valence electrons. The highest BCUT2D eigenvalue weighted by molar-refractivity contribution is 5.77. The summed E-state index contributed by atoms with van der Waals surface area (Å²) in [6.45, 7) is 3.07. The largest absolute Gasteiger partial charge is 0.508 e. The van der Waals surface area contributed by atoms with E-state index in [0.717, 1.165) is 43.1 Å². The number of aromatic hydroxyl groups is 1. The summed E-state index contributed by atoms with van der Waals surface area (Å²) in [5.74, 6) is 1.07. The molecule has 22 heavy (non-hydrogen) atoms. The highest BCUT2D eigenvalue weighted by Gasteiger charge is 2.26. The number of aryl methyl sites for hydroxylation is 2. The second-order valence-electron chi connectivity index (χ2n) is 6.21. The van der Waals surface area contributed by atoms with Gasteiger partial charge in [0.2, 0.25) is 5.91 Å². The van der Waals surface area contributed by atoms with Gasteiger partial charge in [-0.3, -0.25) is 4.79 Å². The zero-order valence-corrected chi connectivity index (χ0v) is 13.3. The maximum absolute atomic E-state index is 12.2. The van der Waals surface area contributed by atoms with E-state index in [9.17, 15) is 14.7 Å². The topological polar surface area (TPSA) is 57.6 Å². The Morgan fingerprint density at radius 3 is 2.77 bits per heavy atom. The number of phenolic OH excluding ortho intramolecular Hbond substituents is 1. The SMILES string of the molecule is Cc1ccc(CCCN(CCC=O)C(=O)CC2CC2)cc1O. The van der Waals surface area contributed by atoms with Crippen molar-refractivity contribution in [3.05, 3.63) is 29.3 Å². The summed E-state index contributed by atoms with van der Waals surface area (Å²) >= 11 is 0. The molecule has 0 radical (unpaired) electrons. The predicted molar refractivity (Wildman–Crippen MR) is 85.8 cm³/mol. The second-order valence-corrected chi connectivity index (χ2v) is 6.21. The Hall–Kier alpha value is -1.84. The molecule has 0 heterocycles. The average Bonchev–Trinajstić information content (AvgIpc) is 3.30. The molecule has 1 N–H and O–H groups in total. The van der Waals surface area contributed by atoms with Crippen molar-refractivity contribution in [2.24, 2.45) is 5.92 Å². The fourth-order valence-electron chi connectivity index (χ4n) is 2.55. The van der Waals surface area contributed by atoms with Crippen LogP contribution in [-0.2, 0) is 16.0 Å². The molecule has 0 bridgehead atoms. The van der Waals surface area contributed by atoms with E-state index in [1.807, 2.05) is 24.0 Å². The highest BCUT2D eigenvalue weighted by atomic mass is 16.3. The lowest BCUT2D eigenvalue weighted by Gasteiger charge is -2.22. The van der Waals surface area contributed by atoms with Gasteiger partial charge in [0, 0.05) is 25.9 Å². The Morgan fingerprint density at radius 1 is 1.36 bits per heavy atom. The second kappa shape index (κ2) is 7.97. The van der Waals surface area contributed by atoms with Crippen molar-refractivity contribution in [3.63, 3.8) is 0 Å². The fraction of sp³-hybridized carbons (Fsp3) is 0.556. The molecule has 1 aliphatic carbocycles. The van der Waals surface area contributed by atoms with Gasteiger partial charge in [-0.2, -0.15) is 0 Å². The van der Waals surface area contributed by atoms with Gasteiger partial charge in [0.15, 0.2) is 0 Å². The van der Waals surface area contributed by atoms with Crippen LogP contribution >= 0.6 is 0 Å². The smallest absolute Gasteiger partial charge is 0.222 e. The molecule has 0 unspecified atom stereocenters. The van der Waals surface area contributed by atoms with Crippen LogP contribution in [0.25, 0.3) is 0 Å². The zero-order valence-electron chi connectivity index (χ0n) is 13.3. The van der Waals surface area contributed by atoms with Crippen LogP contribution in [0.5, 0.6) is 5.75 Å². The Kier molecular flexibility index (Phi) is 5.99. The Morgan fingerprint density at radius 2 is 2.14 bits per heavy atom. The summed E-state index contributed by atoms with van der Waals surface area (Å²) in [6.07, 6.45) is 5.90. The number of rotatable bonds is 9. The van der Waals surface area contributed by atoms with Gasteiger partial charge >= 0.3 is 0 Å². The monoisotopic (exact) mass is 303 g/mol. The van der Waals surface area contributed by atoms with Gasteiger partial charge in [-0.1, -0.05) is 12.1 Å². The van der Waals surface area contributed by atoms with Crippen molar-refractivity contribution in [2.75, 3.05) is 13.1 Å². The van der Waals surface area contributed by atoms with E-state index in [1.165, 1.54) is 0 Å². The predicted octanol–water partition coefficient (Wildman–Crippen LogP) is 2.85. The van der Waals surface area contributed by atoms with Crippen molar-refractivity contribution >= 4 is 12.2 Å². The van der Waals surface area contributed by atoms with Crippen molar-refractivity contribution in [3.8, 4) is 5.75 Å². The summed E-state index contributed by atoms with van der Waals surface area (Å²) in [4.78, 5) is 24.6. The van der Waals surface area contributed by atoms with Crippen LogP contribution in [0.15, 0.2) is 18.2 Å². The minimum Gasteiger partial charge on any atom is -0.508 e. The van der Waals surface area contributed by atoms with Gasteiger partial charge in [-0.15, -0.1) is 0 Å². The maximum Gasteiger partial charge on any atom is 0.222 e. The standard InChI is InChI=1S/C18H25NO3/c1-14-5-6-15(12-17(14)21)4-2-9-19(10-3-11-20)18(22)13-16-7-8-16/h5-6,11-12,16,21H,2-4,7-10,13H2,1H3. The molecule has 4 nitrogen and oxygen atoms in total. The van der Waals surface area contributed by atoms with E-state index < -0.39 is 0 Å². The first-order valence-corrected chi connectivity index (χ1v) is 8.10. The van der Waals surface area contributed by atoms with Crippen LogP contribution in [0.1, 0.15) is 43.2 Å². The molecule has 0 atom stereocenters. The fourth-order valence-corrected chi connectivity index (χ4v) is 2.55. The molecular formula is C18H25NO3. The van der Waals surface area contributed by atoms with Gasteiger partial charge in [0.1, 0.15) is 12.0 Å². The van der Waals surface area contributed by atoms with Crippen LogP contribution in [0.4, 0.5) is 0 Å². The van der Waals surface area contributed by atoms with Gasteiger partial charge in [0.05, 0.1) is 0 Å². The number of benzene rings is 1. The van der Waals surface area contributed by atoms with Crippen molar-refractivity contribution in [1.29, 1.82) is 0 Å². The molecule has 1 fully saturated rings. The molecule has 0 aliphatic heterocycles. The average molecular weight is 303 g/mol.